The number of carbonyl (C=O) groups is 2. The normalized spacial score (nSPS) is 12.3. The van der Waals surface area contributed by atoms with Crippen LogP contribution < -0.4 is 14.8 Å². The number of benzene rings is 2. The molecule has 1 aliphatic heterocycles. The van der Waals surface area contributed by atoms with Crippen LogP contribution in [-0.2, 0) is 16.0 Å². The molecule has 6 heteroatoms. The molecule has 0 fully saturated rings. The molecule has 0 saturated heterocycles. The molecule has 0 aliphatic carbocycles. The van der Waals surface area contributed by atoms with Crippen LogP contribution in [0, 0.1) is 0 Å². The van der Waals surface area contributed by atoms with Gasteiger partial charge in [0.05, 0.1) is 5.56 Å². The highest BCUT2D eigenvalue weighted by atomic mass is 16.6. The summed E-state index contributed by atoms with van der Waals surface area (Å²) in [5.41, 5.74) is 1.46. The fraction of sp³-hybridized carbons (Fsp3) is 0.263. The lowest BCUT2D eigenvalue weighted by molar-refractivity contribution is -0.124. The molecule has 3 rings (SSSR count). The zero-order valence-electron chi connectivity index (χ0n) is 13.7. The first-order valence-corrected chi connectivity index (χ1v) is 8.10. The van der Waals surface area contributed by atoms with E-state index in [0.29, 0.717) is 36.8 Å². The molecule has 0 saturated carbocycles. The quantitative estimate of drug-likeness (QED) is 0.813. The first kappa shape index (κ1) is 16.8. The van der Waals surface area contributed by atoms with Crippen LogP contribution >= 0.6 is 0 Å². The average molecular weight is 341 g/mol. The molecule has 1 N–H and O–H groups in total. The Morgan fingerprint density at radius 2 is 1.76 bits per heavy atom. The number of nitrogens with one attached hydrogen (secondary N) is 1. The number of ether oxygens (including phenoxy) is 3. The Morgan fingerprint density at radius 1 is 1.00 bits per heavy atom. The SMILES string of the molecule is O=C(COC(=O)c1ccc2c(c1)OCCO2)NCCc1ccccc1. The molecule has 0 bridgehead atoms. The van der Waals surface area contributed by atoms with E-state index in [1.807, 2.05) is 30.3 Å². The molecule has 0 radical (unpaired) electrons. The smallest absolute Gasteiger partial charge is 0.338 e. The Morgan fingerprint density at radius 3 is 2.56 bits per heavy atom. The van der Waals surface area contributed by atoms with Crippen LogP contribution in [0.25, 0.3) is 0 Å². The van der Waals surface area contributed by atoms with Gasteiger partial charge in [0.2, 0.25) is 0 Å². The summed E-state index contributed by atoms with van der Waals surface area (Å²) in [6.07, 6.45) is 0.725. The number of carbonyl (C=O) groups excluding carboxylic acids is 2. The maximum Gasteiger partial charge on any atom is 0.338 e. The Hall–Kier alpha value is -3.02. The van der Waals surface area contributed by atoms with Gasteiger partial charge in [-0.25, -0.2) is 4.79 Å². The zero-order valence-corrected chi connectivity index (χ0v) is 13.7. The molecule has 6 nitrogen and oxygen atoms in total. The van der Waals surface area contributed by atoms with Crippen molar-refractivity contribution in [1.82, 2.24) is 5.32 Å². The molecular formula is C19H19NO5. The van der Waals surface area contributed by atoms with Gasteiger partial charge in [-0.05, 0) is 30.2 Å². The third-order valence-electron chi connectivity index (χ3n) is 3.69. The van der Waals surface area contributed by atoms with Crippen molar-refractivity contribution in [3.63, 3.8) is 0 Å². The number of fused-ring (bicyclic) bond motifs is 1. The molecule has 1 heterocycles. The van der Waals surface area contributed by atoms with Gasteiger partial charge in [-0.15, -0.1) is 0 Å². The zero-order chi connectivity index (χ0) is 17.5. The van der Waals surface area contributed by atoms with Gasteiger partial charge in [-0.1, -0.05) is 30.3 Å². The molecule has 25 heavy (non-hydrogen) atoms. The first-order valence-electron chi connectivity index (χ1n) is 8.10. The van der Waals surface area contributed by atoms with E-state index >= 15 is 0 Å². The Balaban J connectivity index is 1.43. The van der Waals surface area contributed by atoms with E-state index in [4.69, 9.17) is 14.2 Å². The van der Waals surface area contributed by atoms with Crippen molar-refractivity contribution in [2.24, 2.45) is 0 Å². The number of hydrogen-bond acceptors (Lipinski definition) is 5. The molecular weight excluding hydrogens is 322 g/mol. The molecule has 1 amide bonds. The standard InChI is InChI=1S/C19H19NO5/c21-18(20-9-8-14-4-2-1-3-5-14)13-25-19(22)15-6-7-16-17(12-15)24-11-10-23-16/h1-7,12H,8-11,13H2,(H,20,21). The van der Waals surface area contributed by atoms with Gasteiger partial charge in [0.1, 0.15) is 13.2 Å². The van der Waals surface area contributed by atoms with Crippen molar-refractivity contribution < 1.29 is 23.8 Å². The minimum atomic E-state index is -0.574. The molecule has 0 spiro atoms. The van der Waals surface area contributed by atoms with Crippen molar-refractivity contribution in [2.75, 3.05) is 26.4 Å². The second-order valence-electron chi connectivity index (χ2n) is 5.52. The molecule has 2 aromatic carbocycles. The van der Waals surface area contributed by atoms with Crippen molar-refractivity contribution >= 4 is 11.9 Å². The Kier molecular flexibility index (Phi) is 5.51. The fourth-order valence-electron chi connectivity index (χ4n) is 2.43. The van der Waals surface area contributed by atoms with Crippen molar-refractivity contribution in [2.45, 2.75) is 6.42 Å². The lowest BCUT2D eigenvalue weighted by Crippen LogP contribution is -2.30. The van der Waals surface area contributed by atoms with E-state index in [1.165, 1.54) is 0 Å². The molecule has 0 aromatic heterocycles. The summed E-state index contributed by atoms with van der Waals surface area (Å²) in [7, 11) is 0. The summed E-state index contributed by atoms with van der Waals surface area (Å²) < 4.78 is 15.9. The molecule has 0 atom stereocenters. The largest absolute Gasteiger partial charge is 0.486 e. The van der Waals surface area contributed by atoms with Gasteiger partial charge in [-0.2, -0.15) is 0 Å². The minimum Gasteiger partial charge on any atom is -0.486 e. The highest BCUT2D eigenvalue weighted by Gasteiger charge is 2.16. The summed E-state index contributed by atoms with van der Waals surface area (Å²) in [6, 6.07) is 14.6. The van der Waals surface area contributed by atoms with E-state index in [-0.39, 0.29) is 12.5 Å². The predicted molar refractivity (Wildman–Crippen MR) is 90.9 cm³/mol. The topological polar surface area (TPSA) is 73.9 Å². The van der Waals surface area contributed by atoms with Crippen LogP contribution in [0.1, 0.15) is 15.9 Å². The van der Waals surface area contributed by atoms with Gasteiger partial charge >= 0.3 is 5.97 Å². The monoisotopic (exact) mass is 341 g/mol. The average Bonchev–Trinajstić information content (AvgIpc) is 2.66. The highest BCUT2D eigenvalue weighted by Crippen LogP contribution is 2.30. The number of amides is 1. The van der Waals surface area contributed by atoms with Crippen molar-refractivity contribution in [1.29, 1.82) is 0 Å². The Bertz CT molecular complexity index is 745. The number of rotatable bonds is 6. The van der Waals surface area contributed by atoms with E-state index in [1.54, 1.807) is 18.2 Å². The molecule has 0 unspecified atom stereocenters. The maximum atomic E-state index is 12.0. The van der Waals surface area contributed by atoms with Crippen LogP contribution in [0.2, 0.25) is 0 Å². The number of esters is 1. The third-order valence-corrected chi connectivity index (χ3v) is 3.69. The fourth-order valence-corrected chi connectivity index (χ4v) is 2.43. The van der Waals surface area contributed by atoms with Crippen LogP contribution in [-0.4, -0.2) is 38.2 Å². The lowest BCUT2D eigenvalue weighted by atomic mass is 10.1. The number of hydrogen-bond donors (Lipinski definition) is 1. The minimum absolute atomic E-state index is 0.317. The third kappa shape index (κ3) is 4.73. The van der Waals surface area contributed by atoms with Crippen molar-refractivity contribution in [3.8, 4) is 11.5 Å². The molecule has 1 aliphatic rings. The van der Waals surface area contributed by atoms with Gasteiger partial charge in [0, 0.05) is 6.54 Å². The second kappa shape index (κ2) is 8.19. The predicted octanol–water partition coefficient (Wildman–Crippen LogP) is 1.97. The van der Waals surface area contributed by atoms with Crippen LogP contribution in [0.15, 0.2) is 48.5 Å². The van der Waals surface area contributed by atoms with Crippen LogP contribution in [0.5, 0.6) is 11.5 Å². The van der Waals surface area contributed by atoms with Crippen LogP contribution in [0.4, 0.5) is 0 Å². The maximum absolute atomic E-state index is 12.0. The van der Waals surface area contributed by atoms with Gasteiger partial charge < -0.3 is 19.5 Å². The molecule has 130 valence electrons. The summed E-state index contributed by atoms with van der Waals surface area (Å²) in [4.78, 5) is 23.8. The van der Waals surface area contributed by atoms with Gasteiger partial charge in [0.25, 0.3) is 5.91 Å². The summed E-state index contributed by atoms with van der Waals surface area (Å²) in [5.74, 6) is 0.200. The van der Waals surface area contributed by atoms with E-state index < -0.39 is 5.97 Å². The van der Waals surface area contributed by atoms with E-state index in [2.05, 4.69) is 5.32 Å². The van der Waals surface area contributed by atoms with Crippen LogP contribution in [0.3, 0.4) is 0 Å². The van der Waals surface area contributed by atoms with E-state index in [0.717, 1.165) is 12.0 Å². The Labute approximate surface area is 145 Å². The summed E-state index contributed by atoms with van der Waals surface area (Å²) >= 11 is 0. The molecule has 2 aromatic rings. The second-order valence-corrected chi connectivity index (χ2v) is 5.52. The van der Waals surface area contributed by atoms with Gasteiger partial charge in [0.15, 0.2) is 18.1 Å². The summed E-state index contributed by atoms with van der Waals surface area (Å²) in [5, 5.41) is 2.73. The summed E-state index contributed by atoms with van der Waals surface area (Å²) in [6.45, 7) is 1.10. The van der Waals surface area contributed by atoms with E-state index in [9.17, 15) is 9.59 Å². The highest BCUT2D eigenvalue weighted by molar-refractivity contribution is 5.92. The van der Waals surface area contributed by atoms with Gasteiger partial charge in [-0.3, -0.25) is 4.79 Å². The first-order chi connectivity index (χ1) is 12.2. The van der Waals surface area contributed by atoms with Crippen molar-refractivity contribution in [3.05, 3.63) is 59.7 Å². The lowest BCUT2D eigenvalue weighted by Gasteiger charge is -2.18.